The van der Waals surface area contributed by atoms with Crippen molar-refractivity contribution >= 4 is 15.9 Å². The van der Waals surface area contributed by atoms with E-state index in [0.29, 0.717) is 43.7 Å². The number of unbranched alkanes of at least 4 members (excludes halogenated alkanes) is 1. The van der Waals surface area contributed by atoms with Gasteiger partial charge in [-0.2, -0.15) is 0 Å². The van der Waals surface area contributed by atoms with Gasteiger partial charge in [-0.15, -0.1) is 0 Å². The minimum atomic E-state index is -3.47. The molecular weight excluding hydrogens is 444 g/mol. The molecule has 9 heteroatoms. The number of benzene rings is 1. The molecule has 2 heterocycles. The summed E-state index contributed by atoms with van der Waals surface area (Å²) in [5.41, 5.74) is 1.51. The molecule has 1 N–H and O–H groups in total. The molecule has 8 nitrogen and oxygen atoms in total. The summed E-state index contributed by atoms with van der Waals surface area (Å²) >= 11 is 0. The van der Waals surface area contributed by atoms with Crippen molar-refractivity contribution in [2.24, 2.45) is 5.92 Å². The number of rotatable bonds is 10. The number of aromatic nitrogens is 1. The van der Waals surface area contributed by atoms with Crippen LogP contribution in [0.2, 0.25) is 0 Å². The van der Waals surface area contributed by atoms with Gasteiger partial charge < -0.3 is 19.5 Å². The number of aliphatic hydroxyl groups excluding tert-OH is 1. The van der Waals surface area contributed by atoms with Gasteiger partial charge in [0.25, 0.3) is 0 Å². The Morgan fingerprint density at radius 2 is 1.88 bits per heavy atom. The van der Waals surface area contributed by atoms with E-state index in [0.717, 1.165) is 31.2 Å². The Labute approximate surface area is 195 Å². The van der Waals surface area contributed by atoms with Crippen LogP contribution in [0.1, 0.15) is 32.6 Å². The summed E-state index contributed by atoms with van der Waals surface area (Å²) in [5.74, 6) is 0.749. The molecule has 1 amide bonds. The highest BCUT2D eigenvalue weighted by molar-refractivity contribution is 7.91. The lowest BCUT2D eigenvalue weighted by Crippen LogP contribution is -2.40. The van der Waals surface area contributed by atoms with Crippen molar-refractivity contribution in [2.45, 2.75) is 37.5 Å². The van der Waals surface area contributed by atoms with Gasteiger partial charge in [-0.25, -0.2) is 13.2 Å². The fourth-order valence-electron chi connectivity index (χ4n) is 3.60. The quantitative estimate of drug-likeness (QED) is 0.523. The predicted molar refractivity (Wildman–Crippen MR) is 125 cm³/mol. The Bertz CT molecular complexity index is 985. The first-order valence-electron chi connectivity index (χ1n) is 11.4. The molecule has 1 aliphatic heterocycles. The first kappa shape index (κ1) is 25.0. The van der Waals surface area contributed by atoms with Crippen LogP contribution in [0.5, 0.6) is 5.75 Å². The second kappa shape index (κ2) is 12.0. The Kier molecular flexibility index (Phi) is 9.08. The third-order valence-corrected chi connectivity index (χ3v) is 7.40. The number of carbonyl (C=O) groups excluding carboxylic acids is 1. The van der Waals surface area contributed by atoms with Gasteiger partial charge in [0.15, 0.2) is 9.84 Å². The van der Waals surface area contributed by atoms with E-state index < -0.39 is 16.4 Å². The highest BCUT2D eigenvalue weighted by atomic mass is 32.2. The maximum absolute atomic E-state index is 12.0. The van der Waals surface area contributed by atoms with Crippen molar-refractivity contribution in [3.8, 4) is 17.0 Å². The smallest absolute Gasteiger partial charge is 0.409 e. The van der Waals surface area contributed by atoms with Gasteiger partial charge in [0.1, 0.15) is 5.75 Å². The highest BCUT2D eigenvalue weighted by Crippen LogP contribution is 2.23. The van der Waals surface area contributed by atoms with Crippen LogP contribution in [0.15, 0.2) is 47.5 Å². The van der Waals surface area contributed by atoms with Crippen molar-refractivity contribution < 1.29 is 27.8 Å². The van der Waals surface area contributed by atoms with Gasteiger partial charge in [-0.05, 0) is 49.4 Å². The van der Waals surface area contributed by atoms with Gasteiger partial charge in [-0.1, -0.05) is 25.5 Å². The number of ether oxygens (including phenoxy) is 2. The summed E-state index contributed by atoms with van der Waals surface area (Å²) in [6.07, 6.45) is 5.08. The average molecular weight is 477 g/mol. The maximum Gasteiger partial charge on any atom is 0.409 e. The van der Waals surface area contributed by atoms with Crippen LogP contribution in [-0.4, -0.2) is 68.2 Å². The van der Waals surface area contributed by atoms with E-state index >= 15 is 0 Å². The topological polar surface area (TPSA) is 106 Å². The summed E-state index contributed by atoms with van der Waals surface area (Å²) in [6, 6.07) is 10.1. The number of aliphatic hydroxyl groups is 1. The number of hydrogen-bond donors (Lipinski definition) is 1. The number of amides is 1. The molecule has 0 radical (unpaired) electrons. The van der Waals surface area contributed by atoms with E-state index in [-0.39, 0.29) is 16.7 Å². The zero-order valence-electron chi connectivity index (χ0n) is 19.0. The van der Waals surface area contributed by atoms with Crippen molar-refractivity contribution in [3.63, 3.8) is 0 Å². The third-order valence-electron chi connectivity index (χ3n) is 5.69. The molecule has 1 aromatic carbocycles. The Hall–Kier alpha value is -2.65. The average Bonchev–Trinajstić information content (AvgIpc) is 2.83. The third kappa shape index (κ3) is 7.17. The van der Waals surface area contributed by atoms with Crippen LogP contribution < -0.4 is 4.74 Å². The van der Waals surface area contributed by atoms with Crippen LogP contribution >= 0.6 is 0 Å². The monoisotopic (exact) mass is 476 g/mol. The molecule has 3 rings (SSSR count). The molecule has 0 atom stereocenters. The number of carbonyl (C=O) groups is 1. The predicted octanol–water partition coefficient (Wildman–Crippen LogP) is 3.54. The largest absolute Gasteiger partial charge is 0.492 e. The first-order valence-corrected chi connectivity index (χ1v) is 13.0. The number of pyridine rings is 1. The molecule has 180 valence electrons. The zero-order valence-corrected chi connectivity index (χ0v) is 19.8. The van der Waals surface area contributed by atoms with Crippen LogP contribution in [-0.2, 0) is 14.6 Å². The standard InChI is InChI=1S/C24H32N2O6S/c1-2-3-15-31-24(28)26-12-10-19(11-13-26)18-32-21-6-9-23(25-17-21)20-4-7-22(8-5-20)33(29,30)16-14-27/h4-9,17,19,27H,2-3,10-16,18H2,1H3. The van der Waals surface area contributed by atoms with E-state index in [1.54, 1.807) is 23.2 Å². The minimum Gasteiger partial charge on any atom is -0.492 e. The van der Waals surface area contributed by atoms with E-state index in [1.165, 1.54) is 12.1 Å². The lowest BCUT2D eigenvalue weighted by Gasteiger charge is -2.31. The van der Waals surface area contributed by atoms with Crippen LogP contribution in [0, 0.1) is 5.92 Å². The Morgan fingerprint density at radius 3 is 2.48 bits per heavy atom. The molecule has 0 saturated carbocycles. The van der Waals surface area contributed by atoms with Crippen molar-refractivity contribution in [3.05, 3.63) is 42.6 Å². The molecule has 33 heavy (non-hydrogen) atoms. The van der Waals surface area contributed by atoms with E-state index in [9.17, 15) is 13.2 Å². The number of nitrogens with zero attached hydrogens (tertiary/aromatic N) is 2. The van der Waals surface area contributed by atoms with Gasteiger partial charge in [0.05, 0.1) is 42.4 Å². The summed E-state index contributed by atoms with van der Waals surface area (Å²) in [5, 5.41) is 8.90. The number of piperidine rings is 1. The molecule has 1 fully saturated rings. The van der Waals surface area contributed by atoms with Crippen molar-refractivity contribution in [1.29, 1.82) is 0 Å². The SMILES string of the molecule is CCCCOC(=O)N1CCC(COc2ccc(-c3ccc(S(=O)(=O)CCO)cc3)nc2)CC1. The molecule has 1 aliphatic rings. The first-order chi connectivity index (χ1) is 15.9. The van der Waals surface area contributed by atoms with Gasteiger partial charge in [0, 0.05) is 18.7 Å². The van der Waals surface area contributed by atoms with Crippen molar-refractivity contribution in [2.75, 3.05) is 38.7 Å². The summed E-state index contributed by atoms with van der Waals surface area (Å²) in [6.45, 7) is 4.07. The lowest BCUT2D eigenvalue weighted by atomic mass is 9.98. The van der Waals surface area contributed by atoms with Crippen LogP contribution in [0.4, 0.5) is 4.79 Å². The molecule has 1 saturated heterocycles. The normalized spacial score (nSPS) is 14.8. The Balaban J connectivity index is 1.46. The van der Waals surface area contributed by atoms with E-state index in [2.05, 4.69) is 11.9 Å². The maximum atomic E-state index is 12.0. The molecule has 0 spiro atoms. The summed E-state index contributed by atoms with van der Waals surface area (Å²) in [7, 11) is -3.47. The number of likely N-dealkylation sites (tertiary alicyclic amines) is 1. The summed E-state index contributed by atoms with van der Waals surface area (Å²) in [4.78, 5) is 18.4. The minimum absolute atomic E-state index is 0.181. The van der Waals surface area contributed by atoms with Gasteiger partial charge >= 0.3 is 6.09 Å². The second-order valence-electron chi connectivity index (χ2n) is 8.16. The lowest BCUT2D eigenvalue weighted by molar-refractivity contribution is 0.0800. The number of hydrogen-bond acceptors (Lipinski definition) is 7. The fourth-order valence-corrected chi connectivity index (χ4v) is 4.63. The van der Waals surface area contributed by atoms with E-state index in [1.807, 2.05) is 12.1 Å². The molecule has 0 unspecified atom stereocenters. The molecular formula is C24H32N2O6S. The zero-order chi connectivity index (χ0) is 23.7. The Morgan fingerprint density at radius 1 is 1.15 bits per heavy atom. The summed E-state index contributed by atoms with van der Waals surface area (Å²) < 4.78 is 35.2. The second-order valence-corrected chi connectivity index (χ2v) is 10.3. The highest BCUT2D eigenvalue weighted by Gasteiger charge is 2.24. The molecule has 1 aromatic heterocycles. The molecule has 2 aromatic rings. The fraction of sp³-hybridized carbons (Fsp3) is 0.500. The van der Waals surface area contributed by atoms with Crippen LogP contribution in [0.3, 0.4) is 0 Å². The van der Waals surface area contributed by atoms with Crippen molar-refractivity contribution in [1.82, 2.24) is 9.88 Å². The number of sulfone groups is 1. The molecule has 0 aliphatic carbocycles. The van der Waals surface area contributed by atoms with E-state index in [4.69, 9.17) is 14.6 Å². The van der Waals surface area contributed by atoms with Gasteiger partial charge in [0.2, 0.25) is 0 Å². The van der Waals surface area contributed by atoms with Gasteiger partial charge in [-0.3, -0.25) is 4.98 Å². The molecule has 0 bridgehead atoms. The van der Waals surface area contributed by atoms with Crippen LogP contribution in [0.25, 0.3) is 11.3 Å².